The zero-order valence-electron chi connectivity index (χ0n) is 20.0. The molecular weight excluding hydrogens is 442 g/mol. The number of carbonyl (C=O) groups is 1. The summed E-state index contributed by atoms with van der Waals surface area (Å²) in [5.41, 5.74) is 9.31. The van der Waals surface area contributed by atoms with Crippen LogP contribution in [0, 0.1) is 0 Å². The molecule has 0 saturated heterocycles. The van der Waals surface area contributed by atoms with Crippen LogP contribution < -0.4 is 15.1 Å². The summed E-state index contributed by atoms with van der Waals surface area (Å²) >= 11 is 0. The molecule has 0 aromatic heterocycles. The number of hydrogen-bond acceptors (Lipinski definition) is 4. The number of carbonyl (C=O) groups excluding carboxylic acids is 1. The van der Waals surface area contributed by atoms with E-state index in [1.54, 1.807) is 12.1 Å². The maximum absolute atomic E-state index is 12.0. The van der Waals surface area contributed by atoms with Gasteiger partial charge in [0, 0.05) is 17.9 Å². The number of rotatable bonds is 10. The van der Waals surface area contributed by atoms with Crippen LogP contribution in [-0.2, 0) is 15.8 Å². The fraction of sp³-hybridized carbons (Fsp3) is 0.296. The molecule has 0 fully saturated rings. The largest absolute Gasteiger partial charge is 0.427 e. The van der Waals surface area contributed by atoms with Gasteiger partial charge in [-0.1, -0.05) is 98.7 Å². The van der Waals surface area contributed by atoms with E-state index in [0.29, 0.717) is 18.8 Å². The highest BCUT2D eigenvalue weighted by Gasteiger charge is 2.50. The normalized spacial score (nSPS) is 11.5. The lowest BCUT2D eigenvalue weighted by Gasteiger charge is -2.43. The van der Waals surface area contributed by atoms with Gasteiger partial charge in [0.15, 0.2) is 0 Å². The van der Waals surface area contributed by atoms with Crippen molar-refractivity contribution < 1.29 is 14.0 Å². The predicted octanol–water partition coefficient (Wildman–Crippen LogP) is 5.76. The number of esters is 1. The minimum Gasteiger partial charge on any atom is -0.427 e. The lowest BCUT2D eigenvalue weighted by molar-refractivity contribution is -0.134. The van der Waals surface area contributed by atoms with Crippen LogP contribution in [0.15, 0.2) is 90.0 Å². The van der Waals surface area contributed by atoms with E-state index in [-0.39, 0.29) is 24.0 Å². The van der Waals surface area contributed by atoms with Gasteiger partial charge in [-0.15, -0.1) is 0 Å². The molecule has 0 heterocycles. The third kappa shape index (κ3) is 6.14. The first-order chi connectivity index (χ1) is 16.4. The molecule has 0 unspecified atom stereocenters. The van der Waals surface area contributed by atoms with Gasteiger partial charge in [0.1, 0.15) is 5.75 Å². The van der Waals surface area contributed by atoms with Gasteiger partial charge in [-0.05, 0) is 45.1 Å². The van der Waals surface area contributed by atoms with Crippen LogP contribution in [0.4, 0.5) is 0 Å². The highest BCUT2D eigenvalue weighted by molar-refractivity contribution is 6.99. The third-order valence-electron chi connectivity index (χ3n) is 5.73. The van der Waals surface area contributed by atoms with Crippen molar-refractivity contribution in [2.24, 2.45) is 5.11 Å². The van der Waals surface area contributed by atoms with E-state index in [1.165, 1.54) is 10.4 Å². The SMILES string of the molecule is CC(C)(C)[Si](OCc1ccc(OC(=O)CCCN=[N+]=[N-])cc1)(c1ccccc1)c1ccccc1. The molecule has 0 radical (unpaired) electrons. The van der Waals surface area contributed by atoms with Gasteiger partial charge in [-0.2, -0.15) is 0 Å². The average molecular weight is 474 g/mol. The number of azide groups is 1. The van der Waals surface area contributed by atoms with Gasteiger partial charge in [-0.3, -0.25) is 4.79 Å². The molecule has 7 heteroatoms. The van der Waals surface area contributed by atoms with Crippen molar-refractivity contribution in [1.82, 2.24) is 0 Å². The monoisotopic (exact) mass is 473 g/mol. The molecule has 3 aromatic carbocycles. The minimum atomic E-state index is -2.61. The lowest BCUT2D eigenvalue weighted by Crippen LogP contribution is -2.66. The van der Waals surface area contributed by atoms with E-state index in [4.69, 9.17) is 14.7 Å². The molecule has 3 aromatic rings. The number of nitrogens with zero attached hydrogens (tertiary/aromatic N) is 3. The quantitative estimate of drug-likeness (QED) is 0.0714. The Morgan fingerprint density at radius 1 is 0.912 bits per heavy atom. The van der Waals surface area contributed by atoms with E-state index >= 15 is 0 Å². The van der Waals surface area contributed by atoms with E-state index in [9.17, 15) is 4.79 Å². The molecule has 0 aliphatic heterocycles. The third-order valence-corrected chi connectivity index (χ3v) is 10.7. The fourth-order valence-electron chi connectivity index (χ4n) is 4.13. The van der Waals surface area contributed by atoms with Crippen molar-refractivity contribution in [3.05, 3.63) is 101 Å². The Kier molecular flexibility index (Phi) is 8.65. The second-order valence-electron chi connectivity index (χ2n) is 9.13. The van der Waals surface area contributed by atoms with Gasteiger partial charge >= 0.3 is 5.97 Å². The molecule has 0 saturated carbocycles. The molecule has 176 valence electrons. The zero-order chi connectivity index (χ0) is 24.4. The maximum atomic E-state index is 12.0. The molecule has 0 amide bonds. The number of hydrogen-bond donors (Lipinski definition) is 0. The highest BCUT2D eigenvalue weighted by Crippen LogP contribution is 2.37. The van der Waals surface area contributed by atoms with Crippen molar-refractivity contribution in [3.8, 4) is 5.75 Å². The van der Waals surface area contributed by atoms with E-state index in [1.807, 2.05) is 24.3 Å². The molecule has 6 nitrogen and oxygen atoms in total. The number of benzene rings is 3. The van der Waals surface area contributed by atoms with Crippen LogP contribution in [0.3, 0.4) is 0 Å². The Bertz CT molecular complexity index is 1070. The topological polar surface area (TPSA) is 84.3 Å². The van der Waals surface area contributed by atoms with E-state index in [2.05, 4.69) is 79.3 Å². The van der Waals surface area contributed by atoms with Crippen molar-refractivity contribution in [3.63, 3.8) is 0 Å². The molecule has 0 atom stereocenters. The first-order valence-corrected chi connectivity index (χ1v) is 13.3. The standard InChI is InChI=1S/C27H31N3O3Si/c1-27(2,3)34(24-11-6-4-7-12-24,25-13-8-5-9-14-25)32-21-22-16-18-23(19-17-22)33-26(31)15-10-20-29-30-28/h4-9,11-14,16-19H,10,15,20-21H2,1-3H3. The van der Waals surface area contributed by atoms with E-state index < -0.39 is 8.32 Å². The van der Waals surface area contributed by atoms with E-state index in [0.717, 1.165) is 5.56 Å². The minimum absolute atomic E-state index is 0.0965. The van der Waals surface area contributed by atoms with Crippen LogP contribution in [0.2, 0.25) is 5.04 Å². The molecule has 34 heavy (non-hydrogen) atoms. The summed E-state index contributed by atoms with van der Waals surface area (Å²) in [4.78, 5) is 14.6. The molecule has 0 aliphatic carbocycles. The first kappa shape index (κ1) is 25.2. The summed E-state index contributed by atoms with van der Waals surface area (Å²) in [5.74, 6) is 0.146. The summed E-state index contributed by atoms with van der Waals surface area (Å²) < 4.78 is 12.3. The van der Waals surface area contributed by atoms with Gasteiger partial charge in [0.05, 0.1) is 6.61 Å². The second-order valence-corrected chi connectivity index (χ2v) is 13.4. The Hall–Kier alpha value is -3.38. The molecule has 0 bridgehead atoms. The highest BCUT2D eigenvalue weighted by atomic mass is 28.4. The Morgan fingerprint density at radius 3 is 1.97 bits per heavy atom. The fourth-order valence-corrected chi connectivity index (χ4v) is 8.67. The van der Waals surface area contributed by atoms with Gasteiger partial charge < -0.3 is 9.16 Å². The van der Waals surface area contributed by atoms with Gasteiger partial charge in [0.2, 0.25) is 0 Å². The van der Waals surface area contributed by atoms with Crippen molar-refractivity contribution >= 4 is 24.7 Å². The lowest BCUT2D eigenvalue weighted by atomic mass is 10.2. The molecule has 3 rings (SSSR count). The summed E-state index contributed by atoms with van der Waals surface area (Å²) in [6.07, 6.45) is 0.672. The number of ether oxygens (including phenoxy) is 1. The van der Waals surface area contributed by atoms with Gasteiger partial charge in [0.25, 0.3) is 8.32 Å². The summed E-state index contributed by atoms with van der Waals surface area (Å²) in [7, 11) is -2.61. The molecule has 0 spiro atoms. The summed E-state index contributed by atoms with van der Waals surface area (Å²) in [6.45, 7) is 7.49. The Morgan fingerprint density at radius 2 is 1.47 bits per heavy atom. The van der Waals surface area contributed by atoms with Crippen LogP contribution in [0.5, 0.6) is 5.75 Å². The van der Waals surface area contributed by atoms with Crippen molar-refractivity contribution in [2.75, 3.05) is 6.54 Å². The van der Waals surface area contributed by atoms with Crippen LogP contribution in [0.1, 0.15) is 39.2 Å². The molecule has 0 N–H and O–H groups in total. The predicted molar refractivity (Wildman–Crippen MR) is 138 cm³/mol. The Balaban J connectivity index is 1.78. The summed E-state index contributed by atoms with van der Waals surface area (Å²) in [6, 6.07) is 28.5. The smallest absolute Gasteiger partial charge is 0.311 e. The van der Waals surface area contributed by atoms with Crippen LogP contribution in [-0.4, -0.2) is 20.8 Å². The Labute approximate surface area is 202 Å². The average Bonchev–Trinajstić information content (AvgIpc) is 2.84. The van der Waals surface area contributed by atoms with Crippen molar-refractivity contribution in [2.45, 2.75) is 45.3 Å². The molecular formula is C27H31N3O3Si. The van der Waals surface area contributed by atoms with Crippen LogP contribution in [0.25, 0.3) is 10.4 Å². The first-order valence-electron chi connectivity index (χ1n) is 11.4. The molecule has 0 aliphatic rings. The van der Waals surface area contributed by atoms with Crippen molar-refractivity contribution in [1.29, 1.82) is 0 Å². The summed E-state index contributed by atoms with van der Waals surface area (Å²) in [5, 5.41) is 5.80. The second kappa shape index (κ2) is 11.7. The zero-order valence-corrected chi connectivity index (χ0v) is 21.0. The maximum Gasteiger partial charge on any atom is 0.311 e. The van der Waals surface area contributed by atoms with Gasteiger partial charge in [-0.25, -0.2) is 0 Å². The van der Waals surface area contributed by atoms with Crippen LogP contribution >= 0.6 is 0 Å².